The molecule has 1 radical (unpaired) electrons. The molecule has 4 aromatic heterocycles. The molecule has 0 saturated carbocycles. The first-order chi connectivity index (χ1) is 28.4. The molecule has 0 aliphatic rings. The second kappa shape index (κ2) is 13.4. The van der Waals surface area contributed by atoms with E-state index >= 15 is 0 Å². The summed E-state index contributed by atoms with van der Waals surface area (Å²) in [5.74, 6) is 0. The zero-order chi connectivity index (χ0) is 44.3. The van der Waals surface area contributed by atoms with Crippen LogP contribution >= 0.6 is 0 Å². The maximum atomic E-state index is 8.33. The van der Waals surface area contributed by atoms with Gasteiger partial charge in [-0.1, -0.05) is 72.4 Å². The van der Waals surface area contributed by atoms with Crippen LogP contribution in [0.1, 0.15) is 48.5 Å². The molecule has 0 aliphatic heterocycles. The Labute approximate surface area is 310 Å². The van der Waals surface area contributed by atoms with Gasteiger partial charge in [-0.05, 0) is 89.5 Å². The van der Waals surface area contributed by atoms with Crippen LogP contribution in [0.5, 0.6) is 0 Å². The Morgan fingerprint density at radius 3 is 2.36 bits per heavy atom. The molecule has 0 atom stereocenters. The van der Waals surface area contributed by atoms with Gasteiger partial charge in [0.25, 0.3) is 0 Å². The molecule has 0 bridgehead atoms. The summed E-state index contributed by atoms with van der Waals surface area (Å²) in [5.41, 5.74) is 3.03. The zero-order valence-electron chi connectivity index (χ0n) is 39.5. The summed E-state index contributed by atoms with van der Waals surface area (Å²) in [7, 11) is 0. The molecule has 8 aromatic rings. The minimum absolute atomic E-state index is 0. The molecular weight excluding hydrogens is 755 g/mol. The van der Waals surface area contributed by atoms with Gasteiger partial charge in [-0.25, -0.2) is 4.98 Å². The number of furan rings is 1. The molecule has 0 unspecified atom stereocenters. The Morgan fingerprint density at radius 2 is 1.57 bits per heavy atom. The maximum Gasteiger partial charge on any atom is 0.216 e. The van der Waals surface area contributed by atoms with Crippen molar-refractivity contribution in [1.82, 2.24) is 15.0 Å². The van der Waals surface area contributed by atoms with E-state index < -0.39 is 34.3 Å². The Balaban J connectivity index is 0.000000258. The van der Waals surface area contributed by atoms with E-state index in [2.05, 4.69) is 27.1 Å². The van der Waals surface area contributed by atoms with Crippen molar-refractivity contribution in [2.45, 2.75) is 34.3 Å². The first-order valence-corrected chi connectivity index (χ1v) is 14.2. The largest absolute Gasteiger partial charge is 0.486 e. The van der Waals surface area contributed by atoms with Crippen molar-refractivity contribution in [1.29, 1.82) is 0 Å². The molecule has 4 aromatic carbocycles. The normalized spacial score (nSPS) is 17.0. The molecule has 5 heteroatoms. The third-order valence-corrected chi connectivity index (χ3v) is 7.53. The standard InChI is InChI=1S/C29H21N2O.C13H12N.Ir/c1-17-16-30-27(15-26(17)22-14-12-20-7-4-5-8-21(20)19(22)3)25-10-6-9-23-24-13-11-18(2)31-29(24)32-28(23)25;1-10-3-6-12(7-4-10)13-8-5-11(2)9-14-13;/h4-9,11-16H,1-3H3;3-6,8-9H,1-2H3;/q2*-1;/i1D3,2D3,3D3;1D3,2D3;. The first kappa shape index (κ1) is 18.4. The van der Waals surface area contributed by atoms with Gasteiger partial charge in [0.15, 0.2) is 0 Å². The fraction of sp³-hybridized carbons (Fsp3) is 0.119. The Morgan fingerprint density at radius 1 is 0.681 bits per heavy atom. The zero-order valence-corrected chi connectivity index (χ0v) is 26.9. The van der Waals surface area contributed by atoms with Crippen molar-refractivity contribution in [3.05, 3.63) is 150 Å². The fourth-order valence-electron chi connectivity index (χ4n) is 5.26. The number of rotatable bonds is 3. The van der Waals surface area contributed by atoms with Crippen molar-refractivity contribution in [3.8, 4) is 33.6 Å². The second-order valence-electron chi connectivity index (χ2n) is 10.5. The SMILES string of the molecule is [2H]C([2H])([2H])c1c[c-]c(-c2ccc(C([2H])([2H])[2H])cn2)cc1.[2H]C([2H])([2H])c1ccc2c(n1)oc1c(-c3cc(-c4ccc5ccccc5c4C([2H])([2H])[2H])c(C([2H])([2H])[2H])cn3)[c-]ccc12.[Ir]. The number of hydrogen-bond acceptors (Lipinski definition) is 4. The molecule has 8 rings (SSSR count). The topological polar surface area (TPSA) is 51.8 Å². The number of fused-ring (bicyclic) bond motifs is 4. The molecule has 0 amide bonds. The molecular formula is C42H33IrN3O-2. The Hall–Kier alpha value is -4.96. The van der Waals surface area contributed by atoms with Crippen LogP contribution in [0.4, 0.5) is 0 Å². The maximum absolute atomic E-state index is 8.33. The van der Waals surface area contributed by atoms with Crippen LogP contribution in [0.3, 0.4) is 0 Å². The minimum Gasteiger partial charge on any atom is -0.486 e. The van der Waals surface area contributed by atoms with E-state index in [9.17, 15) is 0 Å². The molecule has 233 valence electrons. The Bertz CT molecular complexity index is 2840. The van der Waals surface area contributed by atoms with Crippen molar-refractivity contribution in [2.75, 3.05) is 0 Å². The smallest absolute Gasteiger partial charge is 0.216 e. The predicted molar refractivity (Wildman–Crippen MR) is 189 cm³/mol. The van der Waals surface area contributed by atoms with Gasteiger partial charge in [0.1, 0.15) is 0 Å². The van der Waals surface area contributed by atoms with Gasteiger partial charge in [-0.3, -0.25) is 0 Å². The van der Waals surface area contributed by atoms with Crippen LogP contribution in [-0.2, 0) is 20.1 Å². The van der Waals surface area contributed by atoms with E-state index in [0.29, 0.717) is 44.3 Å². The number of nitrogens with zero attached hydrogens (tertiary/aromatic N) is 3. The molecule has 4 nitrogen and oxygen atoms in total. The van der Waals surface area contributed by atoms with Crippen LogP contribution in [0.15, 0.2) is 114 Å². The van der Waals surface area contributed by atoms with Gasteiger partial charge in [-0.2, -0.15) is 0 Å². The van der Waals surface area contributed by atoms with Crippen molar-refractivity contribution >= 4 is 32.8 Å². The average molecular weight is 803 g/mol. The minimum atomic E-state index is -2.58. The number of aromatic nitrogens is 3. The van der Waals surface area contributed by atoms with E-state index in [0.717, 1.165) is 5.39 Å². The predicted octanol–water partition coefficient (Wildman–Crippen LogP) is 10.8. The Kier molecular flexibility index (Phi) is 5.25. The number of pyridine rings is 3. The summed E-state index contributed by atoms with van der Waals surface area (Å²) in [6.45, 7) is -11.9. The summed E-state index contributed by atoms with van der Waals surface area (Å²) < 4.78 is 122. The van der Waals surface area contributed by atoms with Crippen molar-refractivity contribution in [2.24, 2.45) is 0 Å². The van der Waals surface area contributed by atoms with Crippen molar-refractivity contribution in [3.63, 3.8) is 0 Å². The van der Waals surface area contributed by atoms with Gasteiger partial charge in [0, 0.05) is 64.1 Å². The van der Waals surface area contributed by atoms with Crippen LogP contribution in [-0.4, -0.2) is 15.0 Å². The summed E-state index contributed by atoms with van der Waals surface area (Å²) in [4.78, 5) is 12.7. The van der Waals surface area contributed by atoms with Gasteiger partial charge >= 0.3 is 0 Å². The molecule has 0 spiro atoms. The van der Waals surface area contributed by atoms with Gasteiger partial charge < -0.3 is 14.4 Å². The van der Waals surface area contributed by atoms with E-state index in [1.54, 1.807) is 66.7 Å². The van der Waals surface area contributed by atoms with Crippen molar-refractivity contribution < 1.29 is 45.1 Å². The third-order valence-electron chi connectivity index (χ3n) is 7.53. The summed E-state index contributed by atoms with van der Waals surface area (Å²) in [5, 5.41) is 2.47. The van der Waals surface area contributed by atoms with Gasteiger partial charge in [-0.15, -0.1) is 53.6 Å². The van der Waals surface area contributed by atoms with Gasteiger partial charge in [0.2, 0.25) is 5.71 Å². The van der Waals surface area contributed by atoms with Gasteiger partial charge in [0.05, 0.1) is 5.58 Å². The van der Waals surface area contributed by atoms with E-state index in [1.807, 2.05) is 6.07 Å². The van der Waals surface area contributed by atoms with Crippen LogP contribution in [0.25, 0.3) is 66.5 Å². The monoisotopic (exact) mass is 803 g/mol. The molecule has 4 heterocycles. The molecule has 0 aliphatic carbocycles. The molecule has 0 fully saturated rings. The second-order valence-corrected chi connectivity index (χ2v) is 10.5. The summed E-state index contributed by atoms with van der Waals surface area (Å²) in [6.07, 6.45) is 2.53. The first-order valence-electron chi connectivity index (χ1n) is 21.7. The fourth-order valence-corrected chi connectivity index (χ4v) is 5.26. The molecule has 0 N–H and O–H groups in total. The summed E-state index contributed by atoms with van der Waals surface area (Å²) in [6, 6.07) is 32.0. The van der Waals surface area contributed by atoms with Crippen LogP contribution in [0, 0.1) is 46.4 Å². The quantitative estimate of drug-likeness (QED) is 0.167. The molecule has 0 saturated heterocycles. The summed E-state index contributed by atoms with van der Waals surface area (Å²) >= 11 is 0. The van der Waals surface area contributed by atoms with Crippen LogP contribution < -0.4 is 0 Å². The van der Waals surface area contributed by atoms with E-state index in [4.69, 9.17) is 25.0 Å². The van der Waals surface area contributed by atoms with E-state index in [-0.39, 0.29) is 64.9 Å². The number of aryl methyl sites for hydroxylation is 5. The average Bonchev–Trinajstić information content (AvgIpc) is 3.57. The van der Waals surface area contributed by atoms with Crippen LogP contribution in [0.2, 0.25) is 0 Å². The van der Waals surface area contributed by atoms with E-state index in [1.165, 1.54) is 36.7 Å². The third kappa shape index (κ3) is 6.38. The molecule has 47 heavy (non-hydrogen) atoms. The number of hydrogen-bond donors (Lipinski definition) is 0. The number of benzene rings is 4.